The molecule has 1 saturated heterocycles. The van der Waals surface area contributed by atoms with Crippen LogP contribution in [0.1, 0.15) is 35.8 Å². The van der Waals surface area contributed by atoms with Crippen molar-refractivity contribution in [2.45, 2.75) is 32.2 Å². The van der Waals surface area contributed by atoms with Crippen molar-refractivity contribution < 1.29 is 0 Å². The fraction of sp³-hybridized carbons (Fsp3) is 0.381. The third kappa shape index (κ3) is 3.53. The zero-order valence-corrected chi connectivity index (χ0v) is 15.5. The summed E-state index contributed by atoms with van der Waals surface area (Å²) in [6.45, 7) is 5.25. The van der Waals surface area contributed by atoms with E-state index < -0.39 is 0 Å². The topological polar surface area (TPSA) is 46.8 Å². The van der Waals surface area contributed by atoms with Gasteiger partial charge in [-0.05, 0) is 38.4 Å². The lowest BCUT2D eigenvalue weighted by Crippen LogP contribution is -2.32. The van der Waals surface area contributed by atoms with Gasteiger partial charge in [-0.3, -0.25) is 9.88 Å². The Balaban J connectivity index is 1.43. The number of benzene rings is 1. The van der Waals surface area contributed by atoms with Crippen molar-refractivity contribution in [3.8, 4) is 11.4 Å². The minimum absolute atomic E-state index is 0.490. The molecule has 2 aromatic heterocycles. The molecule has 5 heteroatoms. The molecule has 0 amide bonds. The van der Waals surface area contributed by atoms with Crippen LogP contribution in [0.3, 0.4) is 0 Å². The van der Waals surface area contributed by atoms with Crippen LogP contribution in [-0.4, -0.2) is 37.5 Å². The van der Waals surface area contributed by atoms with Crippen molar-refractivity contribution in [3.63, 3.8) is 0 Å². The SMILES string of the molecule is Cc1ncc(-c2cncc(C3CCN(Cc4ccccc4)CC3)n2)n1C. The van der Waals surface area contributed by atoms with Crippen LogP contribution >= 0.6 is 0 Å². The van der Waals surface area contributed by atoms with Crippen LogP contribution < -0.4 is 0 Å². The zero-order chi connectivity index (χ0) is 17.9. The molecule has 1 fully saturated rings. The molecule has 0 atom stereocenters. The van der Waals surface area contributed by atoms with Crippen molar-refractivity contribution in [2.24, 2.45) is 7.05 Å². The summed E-state index contributed by atoms with van der Waals surface area (Å²) in [7, 11) is 2.02. The van der Waals surface area contributed by atoms with Gasteiger partial charge in [0.1, 0.15) is 11.5 Å². The monoisotopic (exact) mass is 347 g/mol. The minimum atomic E-state index is 0.490. The number of aryl methyl sites for hydroxylation is 1. The lowest BCUT2D eigenvalue weighted by Gasteiger charge is -2.31. The van der Waals surface area contributed by atoms with Crippen LogP contribution in [0.5, 0.6) is 0 Å². The molecule has 3 heterocycles. The van der Waals surface area contributed by atoms with E-state index in [1.807, 2.05) is 32.6 Å². The summed E-state index contributed by atoms with van der Waals surface area (Å²) in [5.41, 5.74) is 4.44. The average molecular weight is 347 g/mol. The van der Waals surface area contributed by atoms with E-state index in [9.17, 15) is 0 Å². The van der Waals surface area contributed by atoms with Crippen LogP contribution in [0.4, 0.5) is 0 Å². The Morgan fingerprint density at radius 2 is 1.81 bits per heavy atom. The first-order valence-electron chi connectivity index (χ1n) is 9.27. The van der Waals surface area contributed by atoms with Gasteiger partial charge in [0.25, 0.3) is 0 Å². The Kier molecular flexibility index (Phi) is 4.80. The van der Waals surface area contributed by atoms with Gasteiger partial charge in [0, 0.05) is 25.7 Å². The van der Waals surface area contributed by atoms with Gasteiger partial charge in [0.15, 0.2) is 0 Å². The fourth-order valence-corrected chi connectivity index (χ4v) is 3.67. The number of hydrogen-bond acceptors (Lipinski definition) is 4. The van der Waals surface area contributed by atoms with Crippen LogP contribution in [0.25, 0.3) is 11.4 Å². The van der Waals surface area contributed by atoms with Crippen molar-refractivity contribution in [2.75, 3.05) is 13.1 Å². The summed E-state index contributed by atoms with van der Waals surface area (Å²) in [6, 6.07) is 10.7. The number of rotatable bonds is 4. The van der Waals surface area contributed by atoms with Gasteiger partial charge in [-0.1, -0.05) is 30.3 Å². The Morgan fingerprint density at radius 3 is 2.50 bits per heavy atom. The second-order valence-electron chi connectivity index (χ2n) is 7.11. The summed E-state index contributed by atoms with van der Waals surface area (Å²) < 4.78 is 2.07. The second kappa shape index (κ2) is 7.38. The van der Waals surface area contributed by atoms with Crippen LogP contribution in [0, 0.1) is 6.92 Å². The molecule has 3 aromatic rings. The number of imidazole rings is 1. The van der Waals surface area contributed by atoms with Gasteiger partial charge < -0.3 is 4.57 Å². The van der Waals surface area contributed by atoms with Crippen molar-refractivity contribution >= 4 is 0 Å². The molecule has 1 aromatic carbocycles. The highest BCUT2D eigenvalue weighted by Gasteiger charge is 2.22. The molecule has 134 valence electrons. The Morgan fingerprint density at radius 1 is 1.04 bits per heavy atom. The molecule has 0 aliphatic carbocycles. The van der Waals surface area contributed by atoms with Gasteiger partial charge >= 0.3 is 0 Å². The number of aromatic nitrogens is 4. The van der Waals surface area contributed by atoms with E-state index in [1.165, 1.54) is 5.56 Å². The molecule has 0 spiro atoms. The standard InChI is InChI=1S/C21H25N5/c1-16-23-14-21(25(16)2)20-13-22-12-19(24-20)18-8-10-26(11-9-18)15-17-6-4-3-5-7-17/h3-7,12-14,18H,8-11,15H2,1-2H3. The average Bonchev–Trinajstić information content (AvgIpc) is 3.02. The lowest BCUT2D eigenvalue weighted by atomic mass is 9.93. The maximum Gasteiger partial charge on any atom is 0.107 e. The summed E-state index contributed by atoms with van der Waals surface area (Å²) >= 11 is 0. The van der Waals surface area contributed by atoms with Crippen molar-refractivity contribution in [1.29, 1.82) is 0 Å². The molecule has 1 aliphatic heterocycles. The minimum Gasteiger partial charge on any atom is -0.330 e. The van der Waals surface area contributed by atoms with Gasteiger partial charge in [-0.25, -0.2) is 9.97 Å². The number of likely N-dealkylation sites (tertiary alicyclic amines) is 1. The number of piperidine rings is 1. The third-order valence-electron chi connectivity index (χ3n) is 5.39. The van der Waals surface area contributed by atoms with Crippen LogP contribution in [0.2, 0.25) is 0 Å². The summed E-state index contributed by atoms with van der Waals surface area (Å²) in [4.78, 5) is 16.3. The molecule has 0 radical (unpaired) electrons. The Labute approximate surface area is 154 Å². The first-order valence-corrected chi connectivity index (χ1v) is 9.27. The third-order valence-corrected chi connectivity index (χ3v) is 5.39. The zero-order valence-electron chi connectivity index (χ0n) is 15.5. The molecule has 5 nitrogen and oxygen atoms in total. The van der Waals surface area contributed by atoms with Crippen molar-refractivity contribution in [3.05, 3.63) is 66.0 Å². The van der Waals surface area contributed by atoms with Crippen molar-refractivity contribution in [1.82, 2.24) is 24.4 Å². The molecule has 26 heavy (non-hydrogen) atoms. The van der Waals surface area contributed by atoms with Crippen LogP contribution in [-0.2, 0) is 13.6 Å². The second-order valence-corrected chi connectivity index (χ2v) is 7.11. The molecule has 0 N–H and O–H groups in total. The highest BCUT2D eigenvalue weighted by Crippen LogP contribution is 2.28. The number of hydrogen-bond donors (Lipinski definition) is 0. The summed E-state index contributed by atoms with van der Waals surface area (Å²) in [5, 5.41) is 0. The summed E-state index contributed by atoms with van der Waals surface area (Å²) in [6.07, 6.45) is 7.92. The maximum atomic E-state index is 4.91. The smallest absolute Gasteiger partial charge is 0.107 e. The molecular weight excluding hydrogens is 322 g/mol. The molecule has 1 aliphatic rings. The van der Waals surface area contributed by atoms with E-state index in [-0.39, 0.29) is 0 Å². The lowest BCUT2D eigenvalue weighted by molar-refractivity contribution is 0.203. The maximum absolute atomic E-state index is 4.91. The Bertz CT molecular complexity index is 863. The van der Waals surface area contributed by atoms with Gasteiger partial charge in [0.05, 0.1) is 23.8 Å². The highest BCUT2D eigenvalue weighted by molar-refractivity contribution is 5.53. The summed E-state index contributed by atoms with van der Waals surface area (Å²) in [5.74, 6) is 1.48. The van der Waals surface area contributed by atoms with E-state index in [0.29, 0.717) is 5.92 Å². The van der Waals surface area contributed by atoms with E-state index in [4.69, 9.17) is 4.98 Å². The quantitative estimate of drug-likeness (QED) is 0.724. The highest BCUT2D eigenvalue weighted by atomic mass is 15.1. The largest absolute Gasteiger partial charge is 0.330 e. The predicted molar refractivity (Wildman–Crippen MR) is 103 cm³/mol. The van der Waals surface area contributed by atoms with Crippen LogP contribution in [0.15, 0.2) is 48.9 Å². The molecule has 0 saturated carbocycles. The first-order chi connectivity index (χ1) is 12.7. The molecule has 0 unspecified atom stereocenters. The van der Waals surface area contributed by atoms with Gasteiger partial charge in [-0.2, -0.15) is 0 Å². The normalized spacial score (nSPS) is 16.1. The predicted octanol–water partition coefficient (Wildman–Crippen LogP) is 3.57. The van der Waals surface area contributed by atoms with E-state index >= 15 is 0 Å². The molecular formula is C21H25N5. The molecule has 4 rings (SSSR count). The Hall–Kier alpha value is -2.53. The number of nitrogens with zero attached hydrogens (tertiary/aromatic N) is 5. The van der Waals surface area contributed by atoms with Gasteiger partial charge in [-0.15, -0.1) is 0 Å². The molecule has 0 bridgehead atoms. The fourth-order valence-electron chi connectivity index (χ4n) is 3.67. The van der Waals surface area contributed by atoms with E-state index in [0.717, 1.165) is 55.4 Å². The van der Waals surface area contributed by atoms with E-state index in [1.54, 1.807) is 0 Å². The van der Waals surface area contributed by atoms with Gasteiger partial charge in [0.2, 0.25) is 0 Å². The first kappa shape index (κ1) is 16.9. The van der Waals surface area contributed by atoms with E-state index in [2.05, 4.69) is 49.8 Å².